The SMILES string of the molecule is CCC(=O)N(c1ccccc1)[C@H](C)CN1CCC(O)(c2ccccc2)CC1. The second kappa shape index (κ2) is 8.68. The monoisotopic (exact) mass is 366 g/mol. The summed E-state index contributed by atoms with van der Waals surface area (Å²) in [6, 6.07) is 19.9. The topological polar surface area (TPSA) is 43.8 Å². The van der Waals surface area contributed by atoms with E-state index in [1.54, 1.807) is 0 Å². The molecule has 1 N–H and O–H groups in total. The van der Waals surface area contributed by atoms with Crippen molar-refractivity contribution in [2.24, 2.45) is 0 Å². The lowest BCUT2D eigenvalue weighted by molar-refractivity contribution is -0.118. The predicted molar refractivity (Wildman–Crippen MR) is 110 cm³/mol. The van der Waals surface area contributed by atoms with Crippen LogP contribution < -0.4 is 4.90 Å². The van der Waals surface area contributed by atoms with Gasteiger partial charge in [0.15, 0.2) is 0 Å². The summed E-state index contributed by atoms with van der Waals surface area (Å²) < 4.78 is 0. The first-order valence-electron chi connectivity index (χ1n) is 9.91. The molecule has 1 heterocycles. The fourth-order valence-electron chi connectivity index (χ4n) is 4.00. The van der Waals surface area contributed by atoms with Crippen LogP contribution in [0.25, 0.3) is 0 Å². The molecule has 144 valence electrons. The lowest BCUT2D eigenvalue weighted by atomic mass is 9.84. The first-order valence-corrected chi connectivity index (χ1v) is 9.91. The van der Waals surface area contributed by atoms with E-state index in [0.717, 1.165) is 43.7 Å². The van der Waals surface area contributed by atoms with Crippen molar-refractivity contribution in [1.82, 2.24) is 4.90 Å². The predicted octanol–water partition coefficient (Wildman–Crippen LogP) is 3.80. The molecular formula is C23H30N2O2. The van der Waals surface area contributed by atoms with Crippen molar-refractivity contribution >= 4 is 11.6 Å². The molecular weight excluding hydrogens is 336 g/mol. The van der Waals surface area contributed by atoms with Crippen molar-refractivity contribution in [3.8, 4) is 0 Å². The molecule has 0 saturated carbocycles. The summed E-state index contributed by atoms with van der Waals surface area (Å²) in [5.74, 6) is 0.145. The van der Waals surface area contributed by atoms with Crippen LogP contribution in [-0.2, 0) is 10.4 Å². The second-order valence-electron chi connectivity index (χ2n) is 7.50. The molecule has 4 heteroatoms. The molecule has 0 aliphatic carbocycles. The van der Waals surface area contributed by atoms with Crippen LogP contribution in [0.1, 0.15) is 38.7 Å². The van der Waals surface area contributed by atoms with Crippen LogP contribution in [-0.4, -0.2) is 41.6 Å². The Hall–Kier alpha value is -2.17. The highest BCUT2D eigenvalue weighted by Gasteiger charge is 2.34. The molecule has 2 aromatic carbocycles. The highest BCUT2D eigenvalue weighted by atomic mass is 16.3. The second-order valence-corrected chi connectivity index (χ2v) is 7.50. The maximum atomic E-state index is 12.6. The van der Waals surface area contributed by atoms with Crippen molar-refractivity contribution < 1.29 is 9.90 Å². The average molecular weight is 367 g/mol. The number of anilines is 1. The third-order valence-corrected chi connectivity index (χ3v) is 5.56. The smallest absolute Gasteiger partial charge is 0.226 e. The van der Waals surface area contributed by atoms with Crippen molar-refractivity contribution in [2.75, 3.05) is 24.5 Å². The Morgan fingerprint density at radius 1 is 1.07 bits per heavy atom. The van der Waals surface area contributed by atoms with E-state index in [4.69, 9.17) is 0 Å². The number of rotatable bonds is 6. The number of benzene rings is 2. The van der Waals surface area contributed by atoms with Gasteiger partial charge in [-0.1, -0.05) is 55.5 Å². The summed E-state index contributed by atoms with van der Waals surface area (Å²) in [5, 5.41) is 11.0. The zero-order chi connectivity index (χ0) is 19.3. The van der Waals surface area contributed by atoms with E-state index in [1.165, 1.54) is 0 Å². The highest BCUT2D eigenvalue weighted by molar-refractivity contribution is 5.93. The third kappa shape index (κ3) is 4.57. The molecule has 1 aliphatic heterocycles. The lowest BCUT2D eigenvalue weighted by Crippen LogP contribution is -2.49. The molecule has 1 saturated heterocycles. The van der Waals surface area contributed by atoms with Crippen LogP contribution in [0.5, 0.6) is 0 Å². The zero-order valence-corrected chi connectivity index (χ0v) is 16.3. The number of nitrogens with zero attached hydrogens (tertiary/aromatic N) is 2. The zero-order valence-electron chi connectivity index (χ0n) is 16.3. The molecule has 0 bridgehead atoms. The van der Waals surface area contributed by atoms with Gasteiger partial charge in [-0.05, 0) is 37.5 Å². The Labute approximate surface area is 162 Å². The largest absolute Gasteiger partial charge is 0.385 e. The molecule has 0 aromatic heterocycles. The lowest BCUT2D eigenvalue weighted by Gasteiger charge is -2.41. The molecule has 1 amide bonds. The number of hydrogen-bond acceptors (Lipinski definition) is 3. The van der Waals surface area contributed by atoms with Crippen LogP contribution >= 0.6 is 0 Å². The van der Waals surface area contributed by atoms with E-state index in [-0.39, 0.29) is 11.9 Å². The van der Waals surface area contributed by atoms with Crippen molar-refractivity contribution in [3.05, 3.63) is 66.2 Å². The van der Waals surface area contributed by atoms with Crippen LogP contribution in [0, 0.1) is 0 Å². The molecule has 4 nitrogen and oxygen atoms in total. The molecule has 3 rings (SSSR count). The summed E-state index contributed by atoms with van der Waals surface area (Å²) in [5.41, 5.74) is 1.22. The van der Waals surface area contributed by atoms with Gasteiger partial charge in [0.25, 0.3) is 0 Å². The Morgan fingerprint density at radius 3 is 2.19 bits per heavy atom. The number of aliphatic hydroxyl groups is 1. The minimum atomic E-state index is -0.737. The van der Waals surface area contributed by atoms with Gasteiger partial charge >= 0.3 is 0 Å². The summed E-state index contributed by atoms with van der Waals surface area (Å²) >= 11 is 0. The van der Waals surface area contributed by atoms with Crippen molar-refractivity contribution in [3.63, 3.8) is 0 Å². The molecule has 0 unspecified atom stereocenters. The summed E-state index contributed by atoms with van der Waals surface area (Å²) in [7, 11) is 0. The summed E-state index contributed by atoms with van der Waals surface area (Å²) in [6.07, 6.45) is 1.93. The van der Waals surface area contributed by atoms with Gasteiger partial charge in [-0.2, -0.15) is 0 Å². The van der Waals surface area contributed by atoms with E-state index < -0.39 is 5.60 Å². The van der Waals surface area contributed by atoms with Crippen LogP contribution in [0.3, 0.4) is 0 Å². The van der Waals surface area contributed by atoms with Gasteiger partial charge in [0, 0.05) is 37.8 Å². The van der Waals surface area contributed by atoms with E-state index >= 15 is 0 Å². The number of carbonyl (C=O) groups excluding carboxylic acids is 1. The molecule has 1 atom stereocenters. The number of likely N-dealkylation sites (tertiary alicyclic amines) is 1. The number of para-hydroxylation sites is 1. The maximum absolute atomic E-state index is 12.6. The minimum Gasteiger partial charge on any atom is -0.385 e. The van der Waals surface area contributed by atoms with Gasteiger partial charge in [-0.15, -0.1) is 0 Å². The standard InChI is InChI=1S/C23H30N2O2/c1-3-22(26)25(21-12-8-5-9-13-21)19(2)18-24-16-14-23(27,15-17-24)20-10-6-4-7-11-20/h4-13,19,27H,3,14-18H2,1-2H3/t19-/m1/s1. The van der Waals surface area contributed by atoms with Gasteiger partial charge in [0.2, 0.25) is 5.91 Å². The Morgan fingerprint density at radius 2 is 1.63 bits per heavy atom. The van der Waals surface area contributed by atoms with Gasteiger partial charge in [-0.3, -0.25) is 4.79 Å². The van der Waals surface area contributed by atoms with Crippen molar-refractivity contribution in [1.29, 1.82) is 0 Å². The minimum absolute atomic E-state index is 0.0859. The first-order chi connectivity index (χ1) is 13.0. The van der Waals surface area contributed by atoms with E-state index in [9.17, 15) is 9.90 Å². The van der Waals surface area contributed by atoms with E-state index in [2.05, 4.69) is 11.8 Å². The number of carbonyl (C=O) groups is 1. The molecule has 0 spiro atoms. The Balaban J connectivity index is 1.64. The molecule has 27 heavy (non-hydrogen) atoms. The Kier molecular flexibility index (Phi) is 6.30. The van der Waals surface area contributed by atoms with Crippen LogP contribution in [0.15, 0.2) is 60.7 Å². The summed E-state index contributed by atoms with van der Waals surface area (Å²) in [6.45, 7) is 6.49. The number of amides is 1. The summed E-state index contributed by atoms with van der Waals surface area (Å²) in [4.78, 5) is 16.8. The van der Waals surface area contributed by atoms with Gasteiger partial charge in [-0.25, -0.2) is 0 Å². The fraction of sp³-hybridized carbons (Fsp3) is 0.435. The van der Waals surface area contributed by atoms with Crippen LogP contribution in [0.4, 0.5) is 5.69 Å². The molecule has 1 aliphatic rings. The third-order valence-electron chi connectivity index (χ3n) is 5.56. The molecule has 2 aromatic rings. The van der Waals surface area contributed by atoms with Crippen molar-refractivity contribution in [2.45, 2.75) is 44.8 Å². The van der Waals surface area contributed by atoms with Gasteiger partial charge in [0.05, 0.1) is 5.60 Å². The normalized spacial score (nSPS) is 18.0. The van der Waals surface area contributed by atoms with E-state index in [0.29, 0.717) is 6.42 Å². The Bertz CT molecular complexity index is 725. The number of hydrogen-bond donors (Lipinski definition) is 1. The highest BCUT2D eigenvalue weighted by Crippen LogP contribution is 2.33. The van der Waals surface area contributed by atoms with Crippen LogP contribution in [0.2, 0.25) is 0 Å². The van der Waals surface area contributed by atoms with Gasteiger partial charge < -0.3 is 14.9 Å². The fourth-order valence-corrected chi connectivity index (χ4v) is 4.00. The van der Waals surface area contributed by atoms with E-state index in [1.807, 2.05) is 72.5 Å². The number of piperidine rings is 1. The molecule has 1 fully saturated rings. The average Bonchev–Trinajstić information content (AvgIpc) is 2.71. The first kappa shape index (κ1) is 19.6. The van der Waals surface area contributed by atoms with Gasteiger partial charge in [0.1, 0.15) is 0 Å². The molecule has 0 radical (unpaired) electrons. The maximum Gasteiger partial charge on any atom is 0.226 e. The quantitative estimate of drug-likeness (QED) is 0.846.